The molecule has 0 aromatic carbocycles. The third-order valence-corrected chi connectivity index (χ3v) is 4.63. The van der Waals surface area contributed by atoms with E-state index in [1.807, 2.05) is 16.3 Å². The second kappa shape index (κ2) is 6.92. The largest absolute Gasteiger partial charge is 0.395 e. The van der Waals surface area contributed by atoms with Crippen LogP contribution in [0.2, 0.25) is 0 Å². The Bertz CT molecular complexity index is 526. The molecule has 108 valence electrons. The molecular weight excluding hydrogens is 270 g/mol. The number of nitrogens with zero attached hydrogens (tertiary/aromatic N) is 1. The van der Waals surface area contributed by atoms with E-state index in [-0.39, 0.29) is 12.5 Å². The van der Waals surface area contributed by atoms with E-state index in [1.54, 1.807) is 0 Å². The van der Waals surface area contributed by atoms with Crippen LogP contribution in [0.25, 0.3) is 0 Å². The van der Waals surface area contributed by atoms with Gasteiger partial charge in [0, 0.05) is 23.9 Å². The lowest BCUT2D eigenvalue weighted by Gasteiger charge is -2.27. The van der Waals surface area contributed by atoms with Crippen LogP contribution < -0.4 is 0 Å². The van der Waals surface area contributed by atoms with Crippen molar-refractivity contribution >= 4 is 17.2 Å². The summed E-state index contributed by atoms with van der Waals surface area (Å²) in [5, 5.41) is 10.6. The number of aliphatic hydroxyl groups is 1. The molecule has 0 radical (unpaired) electrons. The molecule has 0 saturated carbocycles. The molecule has 1 saturated heterocycles. The van der Waals surface area contributed by atoms with Crippen LogP contribution in [-0.4, -0.2) is 34.6 Å². The number of amides is 1. The van der Waals surface area contributed by atoms with E-state index in [2.05, 4.69) is 25.7 Å². The molecular formula is C16H21NO2S. The zero-order valence-corrected chi connectivity index (χ0v) is 12.9. The summed E-state index contributed by atoms with van der Waals surface area (Å²) in [4.78, 5) is 15.5. The predicted molar refractivity (Wildman–Crippen MR) is 81.8 cm³/mol. The van der Waals surface area contributed by atoms with Crippen molar-refractivity contribution in [3.05, 3.63) is 21.9 Å². The molecule has 2 atom stereocenters. The Hall–Kier alpha value is -1.31. The number of hydrogen-bond donors (Lipinski definition) is 1. The van der Waals surface area contributed by atoms with Crippen LogP contribution in [0.15, 0.2) is 11.4 Å². The second-order valence-corrected chi connectivity index (χ2v) is 6.09. The average Bonchev–Trinajstić information content (AvgIpc) is 3.05. The Labute approximate surface area is 124 Å². The minimum atomic E-state index is 0.0770. The topological polar surface area (TPSA) is 40.5 Å². The first kappa shape index (κ1) is 15.1. The molecule has 2 heterocycles. The molecule has 0 spiro atoms. The standard InChI is InChI=1S/C16H21NO2S/c1-3-14-8-7-12(2)17(14)16(19)13-10-15(20-11-13)6-4-5-9-18/h10-12,14,18H,3,5,7-9H2,1-2H3. The van der Waals surface area contributed by atoms with E-state index >= 15 is 0 Å². The molecule has 4 heteroatoms. The molecule has 1 aliphatic heterocycles. The molecule has 2 rings (SSSR count). The summed E-state index contributed by atoms with van der Waals surface area (Å²) in [5.74, 6) is 6.01. The van der Waals surface area contributed by atoms with Gasteiger partial charge in [-0.2, -0.15) is 0 Å². The van der Waals surface area contributed by atoms with Gasteiger partial charge < -0.3 is 10.0 Å². The SMILES string of the molecule is CCC1CCC(C)N1C(=O)c1csc(C#CCCO)c1. The number of likely N-dealkylation sites (tertiary alicyclic amines) is 1. The summed E-state index contributed by atoms with van der Waals surface area (Å²) in [6.45, 7) is 4.35. The molecule has 3 nitrogen and oxygen atoms in total. The van der Waals surface area contributed by atoms with Gasteiger partial charge in [-0.15, -0.1) is 11.3 Å². The van der Waals surface area contributed by atoms with Crippen LogP contribution in [0.3, 0.4) is 0 Å². The number of carbonyl (C=O) groups is 1. The summed E-state index contributed by atoms with van der Waals surface area (Å²) >= 11 is 1.49. The predicted octanol–water partition coefficient (Wildman–Crippen LogP) is 2.89. The molecule has 1 fully saturated rings. The van der Waals surface area contributed by atoms with Crippen LogP contribution in [0.1, 0.15) is 54.8 Å². The summed E-state index contributed by atoms with van der Waals surface area (Å²) in [6, 6.07) is 2.58. The van der Waals surface area contributed by atoms with Gasteiger partial charge in [-0.3, -0.25) is 4.79 Å². The van der Waals surface area contributed by atoms with E-state index < -0.39 is 0 Å². The number of hydrogen-bond acceptors (Lipinski definition) is 3. The first-order valence-corrected chi connectivity index (χ1v) is 8.06. The monoisotopic (exact) mass is 291 g/mol. The fraction of sp³-hybridized carbons (Fsp3) is 0.562. The van der Waals surface area contributed by atoms with Crippen LogP contribution in [-0.2, 0) is 0 Å². The first-order valence-electron chi connectivity index (χ1n) is 7.18. The van der Waals surface area contributed by atoms with Gasteiger partial charge in [-0.25, -0.2) is 0 Å². The molecule has 1 aliphatic rings. The highest BCUT2D eigenvalue weighted by atomic mass is 32.1. The van der Waals surface area contributed by atoms with Crippen LogP contribution in [0, 0.1) is 11.8 Å². The van der Waals surface area contributed by atoms with Gasteiger partial charge >= 0.3 is 0 Å². The Morgan fingerprint density at radius 3 is 3.05 bits per heavy atom. The van der Waals surface area contributed by atoms with E-state index in [1.165, 1.54) is 11.3 Å². The molecule has 1 aromatic rings. The van der Waals surface area contributed by atoms with Gasteiger partial charge in [0.1, 0.15) is 0 Å². The molecule has 0 bridgehead atoms. The third kappa shape index (κ3) is 3.23. The zero-order chi connectivity index (χ0) is 14.5. The first-order chi connectivity index (χ1) is 9.67. The zero-order valence-electron chi connectivity index (χ0n) is 12.1. The number of carbonyl (C=O) groups excluding carboxylic acids is 1. The summed E-state index contributed by atoms with van der Waals surface area (Å²) in [7, 11) is 0. The number of thiophene rings is 1. The Morgan fingerprint density at radius 1 is 1.55 bits per heavy atom. The third-order valence-electron chi connectivity index (χ3n) is 3.79. The van der Waals surface area contributed by atoms with Crippen LogP contribution >= 0.6 is 11.3 Å². The lowest BCUT2D eigenvalue weighted by molar-refractivity contribution is 0.0677. The molecule has 1 amide bonds. The van der Waals surface area contributed by atoms with Crippen molar-refractivity contribution in [2.45, 2.75) is 51.6 Å². The molecule has 1 N–H and O–H groups in total. The van der Waals surface area contributed by atoms with Crippen LogP contribution in [0.4, 0.5) is 0 Å². The smallest absolute Gasteiger partial charge is 0.255 e. The minimum absolute atomic E-state index is 0.0770. The van der Waals surface area contributed by atoms with Crippen molar-refractivity contribution in [2.24, 2.45) is 0 Å². The van der Waals surface area contributed by atoms with Crippen molar-refractivity contribution in [1.82, 2.24) is 4.90 Å². The van der Waals surface area contributed by atoms with Crippen molar-refractivity contribution in [2.75, 3.05) is 6.61 Å². The maximum absolute atomic E-state index is 12.6. The molecule has 2 unspecified atom stereocenters. The molecule has 1 aromatic heterocycles. The lowest BCUT2D eigenvalue weighted by atomic mass is 10.1. The van der Waals surface area contributed by atoms with Gasteiger partial charge in [0.15, 0.2) is 0 Å². The Kier molecular flexibility index (Phi) is 5.22. The summed E-state index contributed by atoms with van der Waals surface area (Å²) < 4.78 is 0. The maximum Gasteiger partial charge on any atom is 0.255 e. The summed E-state index contributed by atoms with van der Waals surface area (Å²) in [6.07, 6.45) is 3.69. The highest BCUT2D eigenvalue weighted by molar-refractivity contribution is 7.10. The maximum atomic E-state index is 12.6. The van der Waals surface area contributed by atoms with Crippen molar-refractivity contribution < 1.29 is 9.90 Å². The highest BCUT2D eigenvalue weighted by Gasteiger charge is 2.33. The number of aliphatic hydroxyl groups excluding tert-OH is 1. The lowest BCUT2D eigenvalue weighted by Crippen LogP contribution is -2.39. The number of rotatable bonds is 3. The highest BCUT2D eigenvalue weighted by Crippen LogP contribution is 2.28. The van der Waals surface area contributed by atoms with Gasteiger partial charge in [-0.05, 0) is 32.3 Å². The Morgan fingerprint density at radius 2 is 2.35 bits per heavy atom. The minimum Gasteiger partial charge on any atom is -0.395 e. The van der Waals surface area contributed by atoms with E-state index in [0.717, 1.165) is 29.7 Å². The van der Waals surface area contributed by atoms with Gasteiger partial charge in [0.25, 0.3) is 5.91 Å². The van der Waals surface area contributed by atoms with Crippen molar-refractivity contribution in [3.63, 3.8) is 0 Å². The fourth-order valence-electron chi connectivity index (χ4n) is 2.71. The van der Waals surface area contributed by atoms with E-state index in [4.69, 9.17) is 5.11 Å². The average molecular weight is 291 g/mol. The van der Waals surface area contributed by atoms with Gasteiger partial charge in [0.2, 0.25) is 0 Å². The second-order valence-electron chi connectivity index (χ2n) is 5.18. The molecule has 0 aliphatic carbocycles. The van der Waals surface area contributed by atoms with Crippen molar-refractivity contribution in [1.29, 1.82) is 0 Å². The fourth-order valence-corrected chi connectivity index (χ4v) is 3.46. The van der Waals surface area contributed by atoms with Crippen LogP contribution in [0.5, 0.6) is 0 Å². The van der Waals surface area contributed by atoms with E-state index in [9.17, 15) is 4.79 Å². The van der Waals surface area contributed by atoms with Gasteiger partial charge in [0.05, 0.1) is 17.0 Å². The van der Waals surface area contributed by atoms with Gasteiger partial charge in [-0.1, -0.05) is 18.8 Å². The summed E-state index contributed by atoms with van der Waals surface area (Å²) in [5.41, 5.74) is 0.746. The Balaban J connectivity index is 2.12. The van der Waals surface area contributed by atoms with Crippen molar-refractivity contribution in [3.8, 4) is 11.8 Å². The molecule has 20 heavy (non-hydrogen) atoms. The quantitative estimate of drug-likeness (QED) is 0.870. The van der Waals surface area contributed by atoms with E-state index in [0.29, 0.717) is 18.5 Å². The normalized spacial score (nSPS) is 21.6.